The lowest BCUT2D eigenvalue weighted by Crippen LogP contribution is -2.52. The Morgan fingerprint density at radius 2 is 1.94 bits per heavy atom. The Bertz CT molecular complexity index is 954. The molecule has 1 saturated heterocycles. The van der Waals surface area contributed by atoms with Gasteiger partial charge in [-0.25, -0.2) is 4.79 Å². The van der Waals surface area contributed by atoms with E-state index in [-0.39, 0.29) is 30.4 Å². The predicted molar refractivity (Wildman–Crippen MR) is 114 cm³/mol. The molecular weight excluding hydrogens is 414 g/mol. The third-order valence-electron chi connectivity index (χ3n) is 5.94. The van der Waals surface area contributed by atoms with Crippen LogP contribution in [0.1, 0.15) is 68.8 Å². The summed E-state index contributed by atoms with van der Waals surface area (Å²) in [6, 6.07) is 4.48. The fourth-order valence-corrected chi connectivity index (χ4v) is 4.49. The zero-order valence-corrected chi connectivity index (χ0v) is 18.6. The van der Waals surface area contributed by atoms with Crippen molar-refractivity contribution in [3.05, 3.63) is 29.3 Å². The van der Waals surface area contributed by atoms with Crippen molar-refractivity contribution in [1.82, 2.24) is 15.5 Å². The molecule has 1 unspecified atom stereocenters. The zero-order valence-electron chi connectivity index (χ0n) is 18.6. The summed E-state index contributed by atoms with van der Waals surface area (Å²) in [5.41, 5.74) is 0.753. The molecule has 1 aromatic rings. The number of carbonyl (C=O) groups excluding carboxylic acids is 4. The summed E-state index contributed by atoms with van der Waals surface area (Å²) in [6.45, 7) is 5.75. The fourth-order valence-electron chi connectivity index (χ4n) is 4.49. The summed E-state index contributed by atoms with van der Waals surface area (Å²) in [5, 5.41) is 5.21. The highest BCUT2D eigenvalue weighted by Gasteiger charge is 2.39. The van der Waals surface area contributed by atoms with Crippen LogP contribution in [0.3, 0.4) is 0 Å². The van der Waals surface area contributed by atoms with Crippen molar-refractivity contribution in [2.45, 2.75) is 83.2 Å². The Labute approximate surface area is 186 Å². The summed E-state index contributed by atoms with van der Waals surface area (Å²) in [5.74, 6) is -0.339. The molecule has 3 aliphatic rings. The van der Waals surface area contributed by atoms with E-state index in [2.05, 4.69) is 10.6 Å². The van der Waals surface area contributed by atoms with E-state index in [1.807, 2.05) is 26.8 Å². The van der Waals surface area contributed by atoms with Gasteiger partial charge in [0, 0.05) is 18.5 Å². The first-order valence-corrected chi connectivity index (χ1v) is 11.0. The van der Waals surface area contributed by atoms with Crippen LogP contribution in [0.5, 0.6) is 5.75 Å². The minimum Gasteiger partial charge on any atom is -0.488 e. The van der Waals surface area contributed by atoms with Gasteiger partial charge in [-0.2, -0.15) is 0 Å². The van der Waals surface area contributed by atoms with Crippen molar-refractivity contribution < 1.29 is 28.7 Å². The normalized spacial score (nSPS) is 25.4. The standard InChI is InChI=1S/C23H29N3O6/c1-23(2,3)32-22(30)24-16-5-4-6-18(16)31-14-7-8-15-13(11-14)12-26(21(15)29)17-9-10-19(27)25-20(17)28/h7-8,11,16-18H,4-6,9-10,12H2,1-3H3,(H,24,30)(H,25,27,28)/t16-,17?,18+/m1/s1. The third kappa shape index (κ3) is 4.71. The van der Waals surface area contributed by atoms with Crippen molar-refractivity contribution in [1.29, 1.82) is 0 Å². The summed E-state index contributed by atoms with van der Waals surface area (Å²) in [7, 11) is 0. The van der Waals surface area contributed by atoms with Crippen LogP contribution >= 0.6 is 0 Å². The van der Waals surface area contributed by atoms with E-state index in [1.165, 1.54) is 4.90 Å². The minimum atomic E-state index is -0.644. The number of nitrogens with zero attached hydrogens (tertiary/aromatic N) is 1. The van der Waals surface area contributed by atoms with Gasteiger partial charge in [0.05, 0.1) is 6.04 Å². The molecule has 0 bridgehead atoms. The van der Waals surface area contributed by atoms with E-state index in [0.29, 0.717) is 24.3 Å². The number of nitrogens with one attached hydrogen (secondary N) is 2. The average Bonchev–Trinajstić information content (AvgIpc) is 3.24. The molecule has 2 fully saturated rings. The van der Waals surface area contributed by atoms with E-state index in [0.717, 1.165) is 24.8 Å². The second-order valence-electron chi connectivity index (χ2n) is 9.56. The van der Waals surface area contributed by atoms with E-state index >= 15 is 0 Å². The monoisotopic (exact) mass is 443 g/mol. The van der Waals surface area contributed by atoms with Crippen LogP contribution in [-0.4, -0.2) is 52.5 Å². The lowest BCUT2D eigenvalue weighted by molar-refractivity contribution is -0.136. The number of ether oxygens (including phenoxy) is 2. The van der Waals surface area contributed by atoms with Gasteiger partial charge in [0.25, 0.3) is 5.91 Å². The van der Waals surface area contributed by atoms with E-state index in [4.69, 9.17) is 9.47 Å². The topological polar surface area (TPSA) is 114 Å². The first-order chi connectivity index (χ1) is 15.1. The average molecular weight is 444 g/mol. The van der Waals surface area contributed by atoms with Gasteiger partial charge in [-0.1, -0.05) is 0 Å². The molecule has 2 heterocycles. The van der Waals surface area contributed by atoms with Gasteiger partial charge in [-0.15, -0.1) is 0 Å². The molecular formula is C23H29N3O6. The Morgan fingerprint density at radius 3 is 2.66 bits per heavy atom. The second kappa shape index (κ2) is 8.44. The van der Waals surface area contributed by atoms with Gasteiger partial charge in [0.15, 0.2) is 0 Å². The molecule has 3 atom stereocenters. The van der Waals surface area contributed by atoms with E-state index < -0.39 is 23.6 Å². The molecule has 9 nitrogen and oxygen atoms in total. The summed E-state index contributed by atoms with van der Waals surface area (Å²) in [4.78, 5) is 50.1. The largest absolute Gasteiger partial charge is 0.488 e. The van der Waals surface area contributed by atoms with Gasteiger partial charge in [-0.05, 0) is 70.2 Å². The van der Waals surface area contributed by atoms with Gasteiger partial charge in [0.2, 0.25) is 11.8 Å². The molecule has 2 N–H and O–H groups in total. The highest BCUT2D eigenvalue weighted by Crippen LogP contribution is 2.32. The number of piperidine rings is 1. The summed E-state index contributed by atoms with van der Waals surface area (Å²) in [6.07, 6.45) is 2.43. The zero-order chi connectivity index (χ0) is 23.0. The molecule has 0 radical (unpaired) electrons. The third-order valence-corrected chi connectivity index (χ3v) is 5.94. The number of hydrogen-bond donors (Lipinski definition) is 2. The Balaban J connectivity index is 1.41. The molecule has 1 aliphatic carbocycles. The molecule has 0 aromatic heterocycles. The van der Waals surface area contributed by atoms with Crippen molar-refractivity contribution in [3.8, 4) is 5.75 Å². The summed E-state index contributed by atoms with van der Waals surface area (Å²) >= 11 is 0. The quantitative estimate of drug-likeness (QED) is 0.690. The highest BCUT2D eigenvalue weighted by molar-refractivity contribution is 6.05. The Hall–Kier alpha value is -3.10. The van der Waals surface area contributed by atoms with Crippen molar-refractivity contribution >= 4 is 23.8 Å². The van der Waals surface area contributed by atoms with Crippen molar-refractivity contribution in [2.75, 3.05) is 0 Å². The van der Waals surface area contributed by atoms with Crippen LogP contribution in [-0.2, 0) is 20.9 Å². The number of fused-ring (bicyclic) bond motifs is 1. The number of hydrogen-bond acceptors (Lipinski definition) is 6. The number of rotatable bonds is 4. The number of imide groups is 1. The van der Waals surface area contributed by atoms with Gasteiger partial charge < -0.3 is 19.7 Å². The predicted octanol–water partition coefficient (Wildman–Crippen LogP) is 2.27. The van der Waals surface area contributed by atoms with Crippen LogP contribution in [0, 0.1) is 0 Å². The van der Waals surface area contributed by atoms with Gasteiger partial charge >= 0.3 is 6.09 Å². The Kier molecular flexibility index (Phi) is 5.83. The lowest BCUT2D eigenvalue weighted by atomic mass is 10.0. The number of alkyl carbamates (subject to hydrolysis) is 1. The second-order valence-corrected chi connectivity index (χ2v) is 9.56. The number of carbonyl (C=O) groups is 4. The molecule has 172 valence electrons. The number of benzene rings is 1. The smallest absolute Gasteiger partial charge is 0.408 e. The first-order valence-electron chi connectivity index (χ1n) is 11.0. The van der Waals surface area contributed by atoms with Crippen molar-refractivity contribution in [2.24, 2.45) is 0 Å². The summed E-state index contributed by atoms with van der Waals surface area (Å²) < 4.78 is 11.5. The Morgan fingerprint density at radius 1 is 1.16 bits per heavy atom. The van der Waals surface area contributed by atoms with E-state index in [1.54, 1.807) is 12.1 Å². The maximum absolute atomic E-state index is 12.8. The maximum Gasteiger partial charge on any atom is 0.408 e. The minimum absolute atomic E-state index is 0.153. The maximum atomic E-state index is 12.8. The lowest BCUT2D eigenvalue weighted by Gasteiger charge is -2.29. The molecule has 9 heteroatoms. The van der Waals surface area contributed by atoms with E-state index in [9.17, 15) is 19.2 Å². The fraction of sp³-hybridized carbons (Fsp3) is 0.565. The van der Waals surface area contributed by atoms with Gasteiger partial charge in [0.1, 0.15) is 23.5 Å². The molecule has 32 heavy (non-hydrogen) atoms. The van der Waals surface area contributed by atoms with Crippen LogP contribution in [0.2, 0.25) is 0 Å². The van der Waals surface area contributed by atoms with Crippen LogP contribution in [0.15, 0.2) is 18.2 Å². The van der Waals surface area contributed by atoms with Crippen molar-refractivity contribution in [3.63, 3.8) is 0 Å². The number of amides is 4. The SMILES string of the molecule is CC(C)(C)OC(=O)N[C@@H]1CCC[C@@H]1Oc1ccc2c(c1)CN(C1CCC(=O)NC1=O)C2=O. The molecule has 1 saturated carbocycles. The highest BCUT2D eigenvalue weighted by atomic mass is 16.6. The van der Waals surface area contributed by atoms with Gasteiger partial charge in [-0.3, -0.25) is 19.7 Å². The van der Waals surface area contributed by atoms with Crippen LogP contribution in [0.25, 0.3) is 0 Å². The molecule has 0 spiro atoms. The molecule has 1 aromatic carbocycles. The molecule has 4 amide bonds. The van der Waals surface area contributed by atoms with Crippen LogP contribution < -0.4 is 15.4 Å². The molecule has 2 aliphatic heterocycles. The first kappa shape index (κ1) is 22.1. The molecule has 4 rings (SSSR count). The van der Waals surface area contributed by atoms with Crippen LogP contribution in [0.4, 0.5) is 4.79 Å².